The molecular weight excluding hydrogens is 332 g/mol. The van der Waals surface area contributed by atoms with E-state index in [1.807, 2.05) is 19.9 Å². The van der Waals surface area contributed by atoms with Crippen LogP contribution in [0.15, 0.2) is 28.3 Å². The van der Waals surface area contributed by atoms with Gasteiger partial charge in [0.15, 0.2) is 11.0 Å². The summed E-state index contributed by atoms with van der Waals surface area (Å²) >= 11 is 1.61. The highest BCUT2D eigenvalue weighted by Gasteiger charge is 2.21. The predicted molar refractivity (Wildman–Crippen MR) is 105 cm³/mol. The molecule has 1 aliphatic rings. The van der Waals surface area contributed by atoms with Crippen molar-refractivity contribution in [2.45, 2.75) is 34.6 Å². The molecule has 2 heterocycles. The van der Waals surface area contributed by atoms with E-state index in [9.17, 15) is 4.79 Å². The van der Waals surface area contributed by atoms with Gasteiger partial charge in [0, 0.05) is 17.0 Å². The molecule has 3 rings (SSSR count). The molecule has 2 N–H and O–H groups in total. The Morgan fingerprint density at radius 2 is 1.88 bits per heavy atom. The topological polar surface area (TPSA) is 69.6 Å². The third kappa shape index (κ3) is 3.39. The van der Waals surface area contributed by atoms with Crippen molar-refractivity contribution in [3.05, 3.63) is 51.8 Å². The van der Waals surface area contributed by atoms with E-state index in [0.29, 0.717) is 5.75 Å². The van der Waals surface area contributed by atoms with Crippen LogP contribution in [0.3, 0.4) is 0 Å². The quantitative estimate of drug-likeness (QED) is 0.813. The van der Waals surface area contributed by atoms with Crippen molar-refractivity contribution in [1.82, 2.24) is 10.4 Å². The predicted octanol–water partition coefficient (Wildman–Crippen LogP) is 4.18. The van der Waals surface area contributed by atoms with Gasteiger partial charge in [0.1, 0.15) is 0 Å². The van der Waals surface area contributed by atoms with Gasteiger partial charge in [-0.25, -0.2) is 4.99 Å². The fraction of sp³-hybridized carbons (Fsp3) is 0.316. The number of benzene rings is 1. The van der Waals surface area contributed by atoms with E-state index >= 15 is 0 Å². The second kappa shape index (κ2) is 6.88. The number of nitrogens with zero attached hydrogens (tertiary/aromatic N) is 2. The van der Waals surface area contributed by atoms with Crippen molar-refractivity contribution < 1.29 is 4.79 Å². The number of aryl methyl sites for hydroxylation is 3. The summed E-state index contributed by atoms with van der Waals surface area (Å²) in [5.74, 6) is 0.779. The Morgan fingerprint density at radius 3 is 2.40 bits per heavy atom. The van der Waals surface area contributed by atoms with Crippen LogP contribution in [0.1, 0.15) is 45.4 Å². The SMILES string of the molecule is CC(=O)c1c(C)[nH]c(C2=NNC(=Nc3c(C)cccc3C)SC2)c1C. The molecule has 0 spiro atoms. The fourth-order valence-electron chi connectivity index (χ4n) is 3.15. The van der Waals surface area contributed by atoms with Crippen LogP contribution in [-0.2, 0) is 0 Å². The minimum absolute atomic E-state index is 0.0757. The van der Waals surface area contributed by atoms with Gasteiger partial charge in [-0.1, -0.05) is 30.0 Å². The summed E-state index contributed by atoms with van der Waals surface area (Å²) in [6, 6.07) is 6.15. The van der Waals surface area contributed by atoms with Gasteiger partial charge >= 0.3 is 0 Å². The van der Waals surface area contributed by atoms with E-state index in [2.05, 4.69) is 41.5 Å². The first-order chi connectivity index (χ1) is 11.9. The Labute approximate surface area is 152 Å². The number of hydrogen-bond acceptors (Lipinski definition) is 4. The Bertz CT molecular complexity index is 888. The average Bonchev–Trinajstić information content (AvgIpc) is 2.86. The summed E-state index contributed by atoms with van der Waals surface area (Å²) in [4.78, 5) is 19.8. The van der Waals surface area contributed by atoms with Crippen molar-refractivity contribution in [2.24, 2.45) is 10.1 Å². The van der Waals surface area contributed by atoms with Gasteiger partial charge in [0.05, 0.1) is 17.1 Å². The number of H-pyrrole nitrogens is 1. The number of hydrazone groups is 1. The summed E-state index contributed by atoms with van der Waals surface area (Å²) < 4.78 is 0. The molecule has 0 fully saturated rings. The number of carbonyl (C=O) groups excluding carboxylic acids is 1. The average molecular weight is 354 g/mol. The first kappa shape index (κ1) is 17.5. The molecule has 6 heteroatoms. The summed E-state index contributed by atoms with van der Waals surface area (Å²) in [5, 5.41) is 5.27. The number of hydrogen-bond donors (Lipinski definition) is 2. The van der Waals surface area contributed by atoms with Crippen LogP contribution in [0.25, 0.3) is 0 Å². The van der Waals surface area contributed by atoms with E-state index < -0.39 is 0 Å². The molecule has 0 unspecified atom stereocenters. The van der Waals surface area contributed by atoms with Crippen LogP contribution in [0.5, 0.6) is 0 Å². The van der Waals surface area contributed by atoms with E-state index in [1.54, 1.807) is 18.7 Å². The molecule has 25 heavy (non-hydrogen) atoms. The number of nitrogens with one attached hydrogen (secondary N) is 2. The molecule has 0 saturated carbocycles. The minimum Gasteiger partial charge on any atom is -0.357 e. The highest BCUT2D eigenvalue weighted by Crippen LogP contribution is 2.26. The van der Waals surface area contributed by atoms with Gasteiger partial charge in [-0.2, -0.15) is 5.10 Å². The van der Waals surface area contributed by atoms with Crippen LogP contribution in [0.4, 0.5) is 5.69 Å². The standard InChI is InChI=1S/C19H22N4OS/c1-10-7-6-8-11(2)17(10)21-19-23-22-15(9-25-19)18-12(3)16(14(5)24)13(4)20-18/h6-8,20H,9H2,1-5H3,(H,21,23). The number of thioether (sulfide) groups is 1. The normalized spacial score (nSPS) is 15.9. The third-order valence-electron chi connectivity index (χ3n) is 4.36. The summed E-state index contributed by atoms with van der Waals surface area (Å²) in [7, 11) is 0. The lowest BCUT2D eigenvalue weighted by atomic mass is 10.1. The molecule has 1 aromatic heterocycles. The van der Waals surface area contributed by atoms with E-state index in [-0.39, 0.29) is 5.78 Å². The van der Waals surface area contributed by atoms with Crippen LogP contribution < -0.4 is 5.43 Å². The zero-order valence-corrected chi connectivity index (χ0v) is 16.0. The first-order valence-corrected chi connectivity index (χ1v) is 9.17. The van der Waals surface area contributed by atoms with Gasteiger partial charge in [-0.15, -0.1) is 0 Å². The summed E-state index contributed by atoms with van der Waals surface area (Å²) in [6.45, 7) is 9.60. The second-order valence-corrected chi connectivity index (χ2v) is 7.26. The lowest BCUT2D eigenvalue weighted by molar-refractivity contribution is 0.101. The number of aliphatic imine (C=N–C) groups is 1. The highest BCUT2D eigenvalue weighted by atomic mass is 32.2. The van der Waals surface area contributed by atoms with Gasteiger partial charge in [0.2, 0.25) is 0 Å². The first-order valence-electron chi connectivity index (χ1n) is 8.19. The number of carbonyl (C=O) groups is 1. The molecule has 0 aliphatic carbocycles. The Hall–Kier alpha value is -2.34. The number of rotatable bonds is 3. The maximum absolute atomic E-state index is 11.8. The largest absolute Gasteiger partial charge is 0.357 e. The molecule has 0 radical (unpaired) electrons. The van der Waals surface area contributed by atoms with E-state index in [4.69, 9.17) is 4.99 Å². The zero-order valence-electron chi connectivity index (χ0n) is 15.2. The number of aromatic amines is 1. The van der Waals surface area contributed by atoms with Crippen LogP contribution >= 0.6 is 11.8 Å². The number of para-hydroxylation sites is 1. The Morgan fingerprint density at radius 1 is 1.20 bits per heavy atom. The third-order valence-corrected chi connectivity index (χ3v) is 5.24. The van der Waals surface area contributed by atoms with E-state index in [0.717, 1.165) is 50.2 Å². The molecule has 0 bridgehead atoms. The van der Waals surface area contributed by atoms with Crippen LogP contribution in [0.2, 0.25) is 0 Å². The molecule has 0 saturated heterocycles. The Kier molecular flexibility index (Phi) is 4.81. The molecule has 5 nitrogen and oxygen atoms in total. The molecule has 0 amide bonds. The monoisotopic (exact) mass is 354 g/mol. The van der Waals surface area contributed by atoms with Crippen molar-refractivity contribution in [1.29, 1.82) is 0 Å². The maximum atomic E-state index is 11.8. The maximum Gasteiger partial charge on any atom is 0.182 e. The van der Waals surface area contributed by atoms with Gasteiger partial charge < -0.3 is 4.98 Å². The van der Waals surface area contributed by atoms with Crippen molar-refractivity contribution in [3.63, 3.8) is 0 Å². The highest BCUT2D eigenvalue weighted by molar-refractivity contribution is 8.14. The van der Waals surface area contributed by atoms with Crippen molar-refractivity contribution in [3.8, 4) is 0 Å². The lowest BCUT2D eigenvalue weighted by Gasteiger charge is -2.15. The molecule has 1 aromatic carbocycles. The summed E-state index contributed by atoms with van der Waals surface area (Å²) in [6.07, 6.45) is 0. The van der Waals surface area contributed by atoms with Gasteiger partial charge in [-0.3, -0.25) is 10.2 Å². The number of Topliss-reactive ketones (excluding diaryl/α,β-unsaturated/α-hetero) is 1. The minimum atomic E-state index is 0.0757. The molecular formula is C19H22N4OS. The number of amidine groups is 1. The number of aromatic nitrogens is 1. The zero-order chi connectivity index (χ0) is 18.1. The molecule has 130 valence electrons. The summed E-state index contributed by atoms with van der Waals surface area (Å²) in [5.41, 5.74) is 10.8. The van der Waals surface area contributed by atoms with Crippen molar-refractivity contribution in [2.75, 3.05) is 5.75 Å². The number of ketones is 1. The van der Waals surface area contributed by atoms with Crippen LogP contribution in [-0.4, -0.2) is 27.4 Å². The van der Waals surface area contributed by atoms with Gasteiger partial charge in [0.25, 0.3) is 0 Å². The van der Waals surface area contributed by atoms with Gasteiger partial charge in [-0.05, 0) is 51.3 Å². The molecule has 0 atom stereocenters. The molecule has 2 aromatic rings. The fourth-order valence-corrected chi connectivity index (χ4v) is 3.90. The van der Waals surface area contributed by atoms with Crippen molar-refractivity contribution >= 4 is 34.1 Å². The van der Waals surface area contributed by atoms with Crippen LogP contribution in [0, 0.1) is 27.7 Å². The molecule has 1 aliphatic heterocycles. The van der Waals surface area contributed by atoms with E-state index in [1.165, 1.54) is 0 Å². The Balaban J connectivity index is 1.88. The lowest BCUT2D eigenvalue weighted by Crippen LogP contribution is -2.26. The second-order valence-electron chi connectivity index (χ2n) is 6.30. The smallest absolute Gasteiger partial charge is 0.182 e.